The molecule has 2 aliphatic heterocycles. The van der Waals surface area contributed by atoms with Gasteiger partial charge < -0.3 is 39.4 Å². The largest absolute Gasteiger partial charge is 0.479 e. The van der Waals surface area contributed by atoms with Gasteiger partial charge in [-0.05, 0) is 12.1 Å². The van der Waals surface area contributed by atoms with Gasteiger partial charge in [-0.15, -0.1) is 0 Å². The van der Waals surface area contributed by atoms with Crippen LogP contribution in [0.3, 0.4) is 0 Å². The zero-order chi connectivity index (χ0) is 20.3. The van der Waals surface area contributed by atoms with E-state index in [2.05, 4.69) is 0 Å². The number of benzene rings is 2. The summed E-state index contributed by atoms with van der Waals surface area (Å²) in [7, 11) is 0. The van der Waals surface area contributed by atoms with Crippen molar-refractivity contribution in [3.63, 3.8) is 0 Å². The van der Waals surface area contributed by atoms with Gasteiger partial charge in [0.2, 0.25) is 13.6 Å². The average Bonchev–Trinajstić information content (AvgIpc) is 3.35. The molecule has 0 amide bonds. The Bertz CT molecular complexity index is 820. The molecule has 0 saturated heterocycles. The van der Waals surface area contributed by atoms with Gasteiger partial charge in [0.25, 0.3) is 0 Å². The fourth-order valence-corrected chi connectivity index (χ4v) is 2.60. The number of carbonyl (C=O) groups is 2. The monoisotopic (exact) mass is 392 g/mol. The minimum atomic E-state index is -1.58. The van der Waals surface area contributed by atoms with E-state index in [4.69, 9.17) is 29.2 Å². The molecule has 0 saturated carbocycles. The van der Waals surface area contributed by atoms with Crippen molar-refractivity contribution in [1.29, 1.82) is 0 Å². The van der Waals surface area contributed by atoms with Crippen LogP contribution in [-0.4, -0.2) is 46.0 Å². The Hall–Kier alpha value is -3.50. The zero-order valence-electron chi connectivity index (χ0n) is 14.3. The quantitative estimate of drug-likeness (QED) is 0.594. The summed E-state index contributed by atoms with van der Waals surface area (Å²) in [6, 6.07) is 9.50. The van der Waals surface area contributed by atoms with Gasteiger partial charge in [0.05, 0.1) is 0 Å². The van der Waals surface area contributed by atoms with Crippen molar-refractivity contribution >= 4 is 11.9 Å². The van der Waals surface area contributed by atoms with Crippen molar-refractivity contribution in [1.82, 2.24) is 0 Å². The molecule has 2 unspecified atom stereocenters. The predicted molar refractivity (Wildman–Crippen MR) is 90.3 cm³/mol. The van der Waals surface area contributed by atoms with Gasteiger partial charge >= 0.3 is 11.9 Å². The second kappa shape index (κ2) is 8.03. The van der Waals surface area contributed by atoms with E-state index in [0.29, 0.717) is 23.0 Å². The van der Waals surface area contributed by atoms with Crippen molar-refractivity contribution in [2.45, 2.75) is 12.2 Å². The first-order valence-electron chi connectivity index (χ1n) is 7.99. The third kappa shape index (κ3) is 3.77. The molecular formula is C18H16O10. The SMILES string of the molecule is O=C(O)C(O)c1cccc2c1OCO2.O=C(O)C(O)c1cccc2c1OCO2. The number of aliphatic carboxylic acids is 2. The Morgan fingerprint density at radius 2 is 1.11 bits per heavy atom. The van der Waals surface area contributed by atoms with Crippen LogP contribution in [0.15, 0.2) is 36.4 Å². The van der Waals surface area contributed by atoms with Crippen molar-refractivity contribution in [3.8, 4) is 23.0 Å². The summed E-state index contributed by atoms with van der Waals surface area (Å²) in [5, 5.41) is 35.9. The van der Waals surface area contributed by atoms with Crippen LogP contribution in [0.1, 0.15) is 23.3 Å². The van der Waals surface area contributed by atoms with E-state index in [1.165, 1.54) is 12.1 Å². The van der Waals surface area contributed by atoms with Gasteiger partial charge in [-0.2, -0.15) is 0 Å². The van der Waals surface area contributed by atoms with E-state index in [1.807, 2.05) is 0 Å². The van der Waals surface area contributed by atoms with Gasteiger partial charge in [0.1, 0.15) is 0 Å². The Morgan fingerprint density at radius 1 is 0.714 bits per heavy atom. The van der Waals surface area contributed by atoms with Crippen LogP contribution in [0, 0.1) is 0 Å². The summed E-state index contributed by atoms with van der Waals surface area (Å²) in [6.07, 6.45) is -3.15. The maximum Gasteiger partial charge on any atom is 0.337 e. The topological polar surface area (TPSA) is 152 Å². The molecule has 0 fully saturated rings. The molecule has 4 N–H and O–H groups in total. The molecule has 0 aliphatic carbocycles. The lowest BCUT2D eigenvalue weighted by Gasteiger charge is -2.08. The first-order valence-corrected chi connectivity index (χ1v) is 7.99. The molecule has 10 nitrogen and oxygen atoms in total. The lowest BCUT2D eigenvalue weighted by atomic mass is 10.1. The molecule has 2 aromatic carbocycles. The molecule has 2 aliphatic rings. The lowest BCUT2D eigenvalue weighted by molar-refractivity contribution is -0.147. The lowest BCUT2D eigenvalue weighted by Crippen LogP contribution is -2.11. The maximum absolute atomic E-state index is 10.6. The Labute approximate surface area is 158 Å². The van der Waals surface area contributed by atoms with Crippen LogP contribution in [0.4, 0.5) is 0 Å². The van der Waals surface area contributed by atoms with Gasteiger partial charge in [-0.25, -0.2) is 9.59 Å². The first kappa shape index (κ1) is 19.3. The number of aliphatic hydroxyl groups excluding tert-OH is 2. The van der Waals surface area contributed by atoms with Crippen molar-refractivity contribution < 1.29 is 49.0 Å². The van der Waals surface area contributed by atoms with Crippen LogP contribution in [0.25, 0.3) is 0 Å². The number of para-hydroxylation sites is 2. The van der Waals surface area contributed by atoms with Gasteiger partial charge in [0, 0.05) is 11.1 Å². The minimum Gasteiger partial charge on any atom is -0.479 e. The van der Waals surface area contributed by atoms with Crippen LogP contribution < -0.4 is 18.9 Å². The Kier molecular flexibility index (Phi) is 5.52. The van der Waals surface area contributed by atoms with E-state index < -0.39 is 24.1 Å². The van der Waals surface area contributed by atoms with Gasteiger partial charge in [0.15, 0.2) is 35.2 Å². The molecule has 0 radical (unpaired) electrons. The fourth-order valence-electron chi connectivity index (χ4n) is 2.60. The van der Waals surface area contributed by atoms with Crippen LogP contribution >= 0.6 is 0 Å². The van der Waals surface area contributed by atoms with E-state index in [0.717, 1.165) is 0 Å². The second-order valence-corrected chi connectivity index (χ2v) is 5.64. The van der Waals surface area contributed by atoms with Crippen molar-refractivity contribution in [2.24, 2.45) is 0 Å². The molecule has 28 heavy (non-hydrogen) atoms. The number of ether oxygens (including phenoxy) is 4. The molecule has 0 aromatic heterocycles. The Morgan fingerprint density at radius 3 is 1.46 bits per heavy atom. The van der Waals surface area contributed by atoms with Gasteiger partial charge in [-0.3, -0.25) is 0 Å². The molecule has 2 heterocycles. The number of carboxylic acids is 2. The summed E-state index contributed by atoms with van der Waals surface area (Å²) in [5.41, 5.74) is 0.431. The summed E-state index contributed by atoms with van der Waals surface area (Å²) in [5.74, 6) is -1.08. The number of rotatable bonds is 4. The molecule has 0 bridgehead atoms. The molecular weight excluding hydrogens is 376 g/mol. The van der Waals surface area contributed by atoms with E-state index in [-0.39, 0.29) is 24.7 Å². The summed E-state index contributed by atoms with van der Waals surface area (Å²) < 4.78 is 20.2. The molecule has 148 valence electrons. The highest BCUT2D eigenvalue weighted by Crippen LogP contribution is 2.39. The van der Waals surface area contributed by atoms with Crippen LogP contribution in [0.2, 0.25) is 0 Å². The van der Waals surface area contributed by atoms with Gasteiger partial charge in [-0.1, -0.05) is 24.3 Å². The zero-order valence-corrected chi connectivity index (χ0v) is 14.3. The molecule has 10 heteroatoms. The van der Waals surface area contributed by atoms with E-state index in [9.17, 15) is 19.8 Å². The number of fused-ring (bicyclic) bond motifs is 2. The normalized spacial score (nSPS) is 15.2. The highest BCUT2D eigenvalue weighted by molar-refractivity contribution is 5.76. The molecule has 0 spiro atoms. The minimum absolute atomic E-state index is 0.0543. The highest BCUT2D eigenvalue weighted by atomic mass is 16.7. The van der Waals surface area contributed by atoms with E-state index in [1.54, 1.807) is 24.3 Å². The third-order valence-corrected chi connectivity index (χ3v) is 3.91. The second-order valence-electron chi connectivity index (χ2n) is 5.64. The number of carboxylic acid groups (broad SMARTS) is 2. The fraction of sp³-hybridized carbons (Fsp3) is 0.222. The molecule has 2 atom stereocenters. The van der Waals surface area contributed by atoms with Crippen LogP contribution in [-0.2, 0) is 9.59 Å². The highest BCUT2D eigenvalue weighted by Gasteiger charge is 2.26. The maximum atomic E-state index is 10.6. The predicted octanol–water partition coefficient (Wildman–Crippen LogP) is 1.07. The number of aliphatic hydroxyl groups is 2. The number of hydrogen-bond acceptors (Lipinski definition) is 8. The molecule has 4 rings (SSSR count). The third-order valence-electron chi connectivity index (χ3n) is 3.91. The van der Waals surface area contributed by atoms with E-state index >= 15 is 0 Å². The smallest absolute Gasteiger partial charge is 0.337 e. The van der Waals surface area contributed by atoms with Crippen LogP contribution in [0.5, 0.6) is 23.0 Å². The summed E-state index contributed by atoms with van der Waals surface area (Å²) >= 11 is 0. The van der Waals surface area contributed by atoms with Crippen molar-refractivity contribution in [2.75, 3.05) is 13.6 Å². The summed E-state index contributed by atoms with van der Waals surface area (Å²) in [6.45, 7) is 0.109. The summed E-state index contributed by atoms with van der Waals surface area (Å²) in [4.78, 5) is 21.1. The van der Waals surface area contributed by atoms with Crippen molar-refractivity contribution in [3.05, 3.63) is 47.5 Å². The molecule has 2 aromatic rings. The first-order chi connectivity index (χ1) is 13.4. The number of hydrogen-bond donors (Lipinski definition) is 4. The Balaban J connectivity index is 0.000000161. The average molecular weight is 392 g/mol. The standard InChI is InChI=1S/2C9H8O5/c2*10-7(9(11)12)5-2-1-3-6-8(5)14-4-13-6/h2*1-3,7,10H,4H2,(H,11,12).